The van der Waals surface area contributed by atoms with E-state index in [1.54, 1.807) is 18.2 Å². The van der Waals surface area contributed by atoms with E-state index in [0.717, 1.165) is 40.6 Å². The van der Waals surface area contributed by atoms with E-state index in [1.165, 1.54) is 0 Å². The van der Waals surface area contributed by atoms with Crippen LogP contribution in [0.3, 0.4) is 0 Å². The van der Waals surface area contributed by atoms with Crippen molar-refractivity contribution in [2.24, 2.45) is 0 Å². The highest BCUT2D eigenvalue weighted by Gasteiger charge is 2.19. The molecule has 0 fully saturated rings. The van der Waals surface area contributed by atoms with E-state index >= 15 is 0 Å². The zero-order valence-electron chi connectivity index (χ0n) is 12.8. The van der Waals surface area contributed by atoms with Gasteiger partial charge in [-0.2, -0.15) is 5.26 Å². The minimum Gasteiger partial charge on any atom is -0.321 e. The number of allylic oxidation sites excluding steroid dienone is 1. The van der Waals surface area contributed by atoms with Gasteiger partial charge >= 0.3 is 0 Å². The molecule has 0 saturated heterocycles. The molecule has 1 N–H and O–H groups in total. The van der Waals surface area contributed by atoms with Crippen molar-refractivity contribution in [1.29, 1.82) is 5.26 Å². The zero-order chi connectivity index (χ0) is 16.7. The monoisotopic (exact) mass is 332 g/mol. The van der Waals surface area contributed by atoms with Gasteiger partial charge in [0.2, 0.25) is 0 Å². The van der Waals surface area contributed by atoms with Crippen LogP contribution in [0.5, 0.6) is 0 Å². The molecule has 24 heavy (non-hydrogen) atoms. The van der Waals surface area contributed by atoms with Crippen LogP contribution < -0.4 is 5.56 Å². The van der Waals surface area contributed by atoms with Gasteiger partial charge in [0.25, 0.3) is 5.56 Å². The summed E-state index contributed by atoms with van der Waals surface area (Å²) in [5, 5.41) is 11.3. The number of nitrogens with zero attached hydrogens (tertiary/aromatic N) is 1. The molecular formula is C20H13ClN2O. The number of halogens is 1. The highest BCUT2D eigenvalue weighted by molar-refractivity contribution is 6.31. The molecule has 3 nitrogen and oxygen atoms in total. The maximum atomic E-state index is 12.5. The second kappa shape index (κ2) is 5.67. The summed E-state index contributed by atoms with van der Waals surface area (Å²) in [5.74, 6) is 0. The Balaban J connectivity index is 2.00. The third-order valence-corrected chi connectivity index (χ3v) is 4.64. The van der Waals surface area contributed by atoms with E-state index in [0.29, 0.717) is 16.0 Å². The first-order valence-corrected chi connectivity index (χ1v) is 8.10. The van der Waals surface area contributed by atoms with Gasteiger partial charge in [0, 0.05) is 16.0 Å². The van der Waals surface area contributed by atoms with Gasteiger partial charge in [0.15, 0.2) is 0 Å². The molecule has 3 aromatic rings. The first-order valence-electron chi connectivity index (χ1n) is 7.73. The number of aromatic amines is 1. The molecule has 1 heterocycles. The molecule has 0 saturated carbocycles. The van der Waals surface area contributed by atoms with E-state index in [1.807, 2.05) is 24.3 Å². The maximum absolute atomic E-state index is 12.5. The molecule has 1 aliphatic rings. The number of hydrogen-bond donors (Lipinski definition) is 1. The summed E-state index contributed by atoms with van der Waals surface area (Å²) >= 11 is 6.14. The van der Waals surface area contributed by atoms with Crippen molar-refractivity contribution in [3.05, 3.63) is 86.3 Å². The van der Waals surface area contributed by atoms with Crippen LogP contribution >= 0.6 is 11.6 Å². The lowest BCUT2D eigenvalue weighted by Crippen LogP contribution is -2.15. The first kappa shape index (κ1) is 14.7. The van der Waals surface area contributed by atoms with Crippen molar-refractivity contribution in [2.75, 3.05) is 0 Å². The predicted octanol–water partition coefficient (Wildman–Crippen LogP) is 4.43. The Labute approximate surface area is 143 Å². The van der Waals surface area contributed by atoms with Crippen molar-refractivity contribution in [3.63, 3.8) is 0 Å². The predicted molar refractivity (Wildman–Crippen MR) is 96.1 cm³/mol. The van der Waals surface area contributed by atoms with E-state index in [4.69, 9.17) is 16.9 Å². The zero-order valence-corrected chi connectivity index (χ0v) is 13.5. The molecule has 0 atom stereocenters. The van der Waals surface area contributed by atoms with Crippen LogP contribution in [0.1, 0.15) is 28.8 Å². The summed E-state index contributed by atoms with van der Waals surface area (Å²) in [7, 11) is 0. The van der Waals surface area contributed by atoms with Crippen LogP contribution in [-0.4, -0.2) is 4.98 Å². The van der Waals surface area contributed by atoms with Crippen LogP contribution in [0.4, 0.5) is 0 Å². The number of H-pyrrole nitrogens is 1. The van der Waals surface area contributed by atoms with E-state index in [2.05, 4.69) is 17.1 Å². The molecule has 116 valence electrons. The number of nitriles is 1. The average Bonchev–Trinajstić information content (AvgIpc) is 2.61. The Morgan fingerprint density at radius 1 is 1.12 bits per heavy atom. The van der Waals surface area contributed by atoms with Crippen molar-refractivity contribution >= 4 is 27.9 Å². The third kappa shape index (κ3) is 2.33. The van der Waals surface area contributed by atoms with E-state index in [-0.39, 0.29) is 5.56 Å². The van der Waals surface area contributed by atoms with Gasteiger partial charge in [-0.05, 0) is 59.7 Å². The molecule has 0 radical (unpaired) electrons. The highest BCUT2D eigenvalue weighted by Crippen LogP contribution is 2.34. The molecule has 1 aromatic heterocycles. The van der Waals surface area contributed by atoms with E-state index < -0.39 is 0 Å². The average molecular weight is 333 g/mol. The van der Waals surface area contributed by atoms with Gasteiger partial charge in [-0.15, -0.1) is 0 Å². The number of aromatic nitrogens is 1. The summed E-state index contributed by atoms with van der Waals surface area (Å²) in [6, 6.07) is 15.0. The fourth-order valence-electron chi connectivity index (χ4n) is 3.33. The van der Waals surface area contributed by atoms with Gasteiger partial charge in [0.1, 0.15) is 0 Å². The van der Waals surface area contributed by atoms with Gasteiger partial charge in [-0.3, -0.25) is 4.79 Å². The Kier molecular flexibility index (Phi) is 3.48. The van der Waals surface area contributed by atoms with Crippen LogP contribution in [0.15, 0.2) is 53.3 Å². The van der Waals surface area contributed by atoms with Crippen molar-refractivity contribution in [2.45, 2.75) is 12.8 Å². The van der Waals surface area contributed by atoms with Crippen LogP contribution in [0.25, 0.3) is 16.3 Å². The van der Waals surface area contributed by atoms with Crippen LogP contribution in [-0.2, 0) is 6.42 Å². The van der Waals surface area contributed by atoms with Crippen molar-refractivity contribution in [3.8, 4) is 6.07 Å². The lowest BCUT2D eigenvalue weighted by atomic mass is 9.88. The molecule has 4 rings (SSSR count). The summed E-state index contributed by atoms with van der Waals surface area (Å²) in [4.78, 5) is 15.5. The summed E-state index contributed by atoms with van der Waals surface area (Å²) < 4.78 is 0. The van der Waals surface area contributed by atoms with Gasteiger partial charge in [-0.25, -0.2) is 0 Å². The summed E-state index contributed by atoms with van der Waals surface area (Å²) in [6.45, 7) is 0. The number of benzene rings is 2. The molecular weight excluding hydrogens is 320 g/mol. The Hall–Kier alpha value is -2.83. The maximum Gasteiger partial charge on any atom is 0.256 e. The number of hydrogen-bond acceptors (Lipinski definition) is 2. The van der Waals surface area contributed by atoms with Crippen molar-refractivity contribution < 1.29 is 0 Å². The molecule has 0 aliphatic heterocycles. The summed E-state index contributed by atoms with van der Waals surface area (Å²) in [5.41, 5.74) is 4.32. The third-order valence-electron chi connectivity index (χ3n) is 4.41. The number of aryl methyl sites for hydroxylation is 1. The quantitative estimate of drug-likeness (QED) is 0.716. The number of fused-ring (bicyclic) bond motifs is 3. The number of pyridine rings is 1. The van der Waals surface area contributed by atoms with Gasteiger partial charge in [0.05, 0.1) is 17.3 Å². The minimum atomic E-state index is -0.121. The topological polar surface area (TPSA) is 56.6 Å². The van der Waals surface area contributed by atoms with Crippen LogP contribution in [0, 0.1) is 11.3 Å². The minimum absolute atomic E-state index is 0.121. The Morgan fingerprint density at radius 3 is 2.83 bits per heavy atom. The smallest absolute Gasteiger partial charge is 0.256 e. The molecule has 0 spiro atoms. The Morgan fingerprint density at radius 2 is 2.00 bits per heavy atom. The normalized spacial score (nSPS) is 13.2. The SMILES string of the molecule is N#Cc1cccc(C2=CCCc3c2[nH]c(=O)c2ccc(Cl)cc32)c1. The second-order valence-corrected chi connectivity index (χ2v) is 6.28. The molecule has 0 amide bonds. The fourth-order valence-corrected chi connectivity index (χ4v) is 3.50. The second-order valence-electron chi connectivity index (χ2n) is 5.85. The van der Waals surface area contributed by atoms with Gasteiger partial charge < -0.3 is 4.98 Å². The van der Waals surface area contributed by atoms with Crippen molar-refractivity contribution in [1.82, 2.24) is 4.98 Å². The number of rotatable bonds is 1. The lowest BCUT2D eigenvalue weighted by Gasteiger charge is -2.20. The molecule has 0 unspecified atom stereocenters. The lowest BCUT2D eigenvalue weighted by molar-refractivity contribution is 0.963. The number of nitrogens with one attached hydrogen (secondary N) is 1. The fraction of sp³-hybridized carbons (Fsp3) is 0.100. The van der Waals surface area contributed by atoms with E-state index in [9.17, 15) is 4.79 Å². The Bertz CT molecular complexity index is 1100. The van der Waals surface area contributed by atoms with Gasteiger partial charge in [-0.1, -0.05) is 29.8 Å². The standard InChI is InChI=1S/C20H13ClN2O/c21-14-7-8-17-18(10-14)16-6-2-5-15(19(16)23-20(17)24)13-4-1-3-12(9-13)11-22/h1,3-5,7-10H,2,6H2,(H,23,24). The largest absolute Gasteiger partial charge is 0.321 e. The van der Waals surface area contributed by atoms with Crippen LogP contribution in [0.2, 0.25) is 5.02 Å². The molecule has 0 bridgehead atoms. The molecule has 2 aromatic carbocycles. The summed E-state index contributed by atoms with van der Waals surface area (Å²) in [6.07, 6.45) is 3.85. The highest BCUT2D eigenvalue weighted by atomic mass is 35.5. The molecule has 4 heteroatoms. The molecule has 1 aliphatic carbocycles. The first-order chi connectivity index (χ1) is 11.7.